The molecule has 2 N–H and O–H groups in total. The monoisotopic (exact) mass is 262 g/mol. The van der Waals surface area contributed by atoms with Gasteiger partial charge in [-0.25, -0.2) is 4.52 Å². The molecule has 94 valence electrons. The summed E-state index contributed by atoms with van der Waals surface area (Å²) in [5.74, 6) is 0. The zero-order valence-electron chi connectivity index (χ0n) is 9.87. The van der Waals surface area contributed by atoms with Gasteiger partial charge >= 0.3 is 0 Å². The second kappa shape index (κ2) is 3.91. The lowest BCUT2D eigenvalue weighted by Gasteiger charge is -2.15. The molecule has 1 saturated carbocycles. The van der Waals surface area contributed by atoms with Crippen LogP contribution in [0.5, 0.6) is 0 Å². The summed E-state index contributed by atoms with van der Waals surface area (Å²) < 4.78 is 3.33. The molecule has 1 aliphatic rings. The number of rotatable bonds is 4. The van der Waals surface area contributed by atoms with E-state index in [1.807, 2.05) is 0 Å². The summed E-state index contributed by atoms with van der Waals surface area (Å²) in [5.41, 5.74) is 6.31. The van der Waals surface area contributed by atoms with E-state index in [4.69, 9.17) is 18.0 Å². The van der Waals surface area contributed by atoms with Crippen LogP contribution in [0.1, 0.15) is 19.3 Å². The van der Waals surface area contributed by atoms with E-state index in [2.05, 4.69) is 5.10 Å². The molecule has 0 saturated heterocycles. The maximum Gasteiger partial charge on any atom is 0.276 e. The van der Waals surface area contributed by atoms with Gasteiger partial charge in [-0.15, -0.1) is 0 Å². The Kier molecular flexibility index (Phi) is 2.48. The van der Waals surface area contributed by atoms with Crippen LogP contribution in [-0.2, 0) is 6.54 Å². The Balaban J connectivity index is 1.93. The summed E-state index contributed by atoms with van der Waals surface area (Å²) >= 11 is 4.97. The molecule has 0 atom stereocenters. The van der Waals surface area contributed by atoms with Gasteiger partial charge in [0.25, 0.3) is 5.56 Å². The highest BCUT2D eigenvalue weighted by Crippen LogP contribution is 2.49. The van der Waals surface area contributed by atoms with E-state index >= 15 is 0 Å². The van der Waals surface area contributed by atoms with Crippen LogP contribution in [0.2, 0.25) is 0 Å². The Labute approximate surface area is 109 Å². The van der Waals surface area contributed by atoms with Crippen molar-refractivity contribution in [2.45, 2.75) is 25.8 Å². The predicted molar refractivity (Wildman–Crippen MR) is 72.5 cm³/mol. The largest absolute Gasteiger partial charge is 0.393 e. The van der Waals surface area contributed by atoms with Crippen molar-refractivity contribution < 1.29 is 0 Å². The lowest BCUT2D eigenvalue weighted by molar-refractivity contribution is 0.430. The molecule has 0 bridgehead atoms. The van der Waals surface area contributed by atoms with Gasteiger partial charge in [-0.05, 0) is 24.3 Å². The summed E-state index contributed by atoms with van der Waals surface area (Å²) in [6, 6.07) is 1.73. The Morgan fingerprint density at radius 1 is 1.50 bits per heavy atom. The second-order valence-electron chi connectivity index (χ2n) is 5.04. The highest BCUT2D eigenvalue weighted by Gasteiger charge is 2.43. The smallest absolute Gasteiger partial charge is 0.276 e. The molecule has 2 aromatic rings. The van der Waals surface area contributed by atoms with Crippen molar-refractivity contribution in [1.82, 2.24) is 14.2 Å². The predicted octanol–water partition coefficient (Wildman–Crippen LogP) is 0.952. The molecule has 0 unspecified atom stereocenters. The van der Waals surface area contributed by atoms with Crippen LogP contribution in [0.15, 0.2) is 29.5 Å². The van der Waals surface area contributed by atoms with Crippen molar-refractivity contribution in [3.63, 3.8) is 0 Å². The van der Waals surface area contributed by atoms with Crippen LogP contribution < -0.4 is 11.3 Å². The average Bonchev–Trinajstić information content (AvgIpc) is 2.89. The molecule has 5 nitrogen and oxygen atoms in total. The first-order valence-corrected chi connectivity index (χ1v) is 6.32. The van der Waals surface area contributed by atoms with Gasteiger partial charge in [-0.3, -0.25) is 4.79 Å². The molecule has 0 aliphatic heterocycles. The van der Waals surface area contributed by atoms with Gasteiger partial charge < -0.3 is 10.3 Å². The maximum absolute atomic E-state index is 12.2. The minimum Gasteiger partial charge on any atom is -0.393 e. The Morgan fingerprint density at radius 3 is 2.94 bits per heavy atom. The summed E-state index contributed by atoms with van der Waals surface area (Å²) in [7, 11) is 0. The summed E-state index contributed by atoms with van der Waals surface area (Å²) in [4.78, 5) is 12.8. The van der Waals surface area contributed by atoms with Crippen LogP contribution in [-0.4, -0.2) is 19.2 Å². The van der Waals surface area contributed by atoms with E-state index in [1.54, 1.807) is 33.7 Å². The van der Waals surface area contributed by atoms with E-state index in [1.165, 1.54) is 0 Å². The molecule has 0 spiro atoms. The minimum absolute atomic E-state index is 0.00999. The lowest BCUT2D eigenvalue weighted by Crippen LogP contribution is -2.27. The van der Waals surface area contributed by atoms with Crippen molar-refractivity contribution in [3.8, 4) is 0 Å². The number of nitrogens with two attached hydrogens (primary N) is 1. The fraction of sp³-hybridized carbons (Fsp3) is 0.417. The fourth-order valence-electron chi connectivity index (χ4n) is 2.38. The number of hydrogen-bond acceptors (Lipinski definition) is 3. The second-order valence-corrected chi connectivity index (χ2v) is 5.56. The first-order chi connectivity index (χ1) is 8.60. The van der Waals surface area contributed by atoms with Crippen molar-refractivity contribution in [1.29, 1.82) is 0 Å². The Morgan fingerprint density at radius 2 is 2.28 bits per heavy atom. The van der Waals surface area contributed by atoms with E-state index in [0.717, 1.165) is 19.3 Å². The minimum atomic E-state index is -0.00999. The number of thiocarbonyl (C=S) groups is 1. The summed E-state index contributed by atoms with van der Waals surface area (Å²) in [6.07, 6.45) is 8.10. The third-order valence-electron chi connectivity index (χ3n) is 3.55. The van der Waals surface area contributed by atoms with Crippen molar-refractivity contribution in [3.05, 3.63) is 35.0 Å². The van der Waals surface area contributed by atoms with Gasteiger partial charge in [0.2, 0.25) is 0 Å². The Hall–Kier alpha value is -1.69. The molecule has 2 heterocycles. The quantitative estimate of drug-likeness (QED) is 0.833. The van der Waals surface area contributed by atoms with Gasteiger partial charge in [-0.2, -0.15) is 5.10 Å². The van der Waals surface area contributed by atoms with Gasteiger partial charge in [0.05, 0.1) is 11.2 Å². The van der Waals surface area contributed by atoms with Crippen molar-refractivity contribution >= 4 is 22.7 Å². The molecule has 6 heteroatoms. The lowest BCUT2D eigenvalue weighted by atomic mass is 10.0. The fourth-order valence-corrected chi connectivity index (χ4v) is 2.69. The van der Waals surface area contributed by atoms with Crippen molar-refractivity contribution in [2.24, 2.45) is 11.1 Å². The van der Waals surface area contributed by atoms with Gasteiger partial charge in [0.15, 0.2) is 0 Å². The third-order valence-corrected chi connectivity index (χ3v) is 3.69. The van der Waals surface area contributed by atoms with E-state index in [9.17, 15) is 4.79 Å². The van der Waals surface area contributed by atoms with Crippen LogP contribution in [0.4, 0.5) is 0 Å². The third kappa shape index (κ3) is 1.92. The molecule has 0 amide bonds. The molecule has 0 aromatic carbocycles. The first kappa shape index (κ1) is 11.4. The van der Waals surface area contributed by atoms with Crippen LogP contribution in [0.25, 0.3) is 5.52 Å². The van der Waals surface area contributed by atoms with Crippen molar-refractivity contribution in [2.75, 3.05) is 0 Å². The average molecular weight is 262 g/mol. The highest BCUT2D eigenvalue weighted by molar-refractivity contribution is 7.80. The van der Waals surface area contributed by atoms with Crippen LogP contribution in [0.3, 0.4) is 0 Å². The molecule has 18 heavy (non-hydrogen) atoms. The van der Waals surface area contributed by atoms with E-state index < -0.39 is 0 Å². The van der Waals surface area contributed by atoms with Crippen LogP contribution >= 0.6 is 12.2 Å². The Bertz CT molecular complexity index is 668. The number of aromatic nitrogens is 3. The molecule has 3 rings (SSSR count). The molecular formula is C12H14N4OS. The molecule has 1 aliphatic carbocycles. The van der Waals surface area contributed by atoms with E-state index in [-0.39, 0.29) is 11.0 Å². The standard InChI is InChI=1S/C12H14N4OS/c13-10(18)7-12(2-3-12)8-15-5-6-16-9(11(15)17)1-4-14-16/h1,4-6H,2-3,7-8H2,(H2,13,18). The number of hydrogen-bond donors (Lipinski definition) is 1. The summed E-state index contributed by atoms with van der Waals surface area (Å²) in [5, 5.41) is 4.04. The molecule has 1 fully saturated rings. The number of fused-ring (bicyclic) bond motifs is 1. The topological polar surface area (TPSA) is 65.3 Å². The normalized spacial score (nSPS) is 16.9. The molecule has 2 aromatic heterocycles. The highest BCUT2D eigenvalue weighted by atomic mass is 32.1. The van der Waals surface area contributed by atoms with Gasteiger partial charge in [0, 0.05) is 25.4 Å². The van der Waals surface area contributed by atoms with Gasteiger partial charge in [-0.1, -0.05) is 12.2 Å². The molecule has 0 radical (unpaired) electrons. The molecular weight excluding hydrogens is 248 g/mol. The first-order valence-electron chi connectivity index (χ1n) is 5.91. The SMILES string of the molecule is NC(=S)CC1(Cn2ccn3nccc3c2=O)CC1. The maximum atomic E-state index is 12.2. The zero-order valence-corrected chi connectivity index (χ0v) is 10.7. The zero-order chi connectivity index (χ0) is 12.8. The number of nitrogens with zero attached hydrogens (tertiary/aromatic N) is 3. The van der Waals surface area contributed by atoms with Gasteiger partial charge in [0.1, 0.15) is 5.52 Å². The van der Waals surface area contributed by atoms with Crippen LogP contribution in [0, 0.1) is 5.41 Å². The summed E-state index contributed by atoms with van der Waals surface area (Å²) in [6.45, 7) is 0.685. The van der Waals surface area contributed by atoms with E-state index in [0.29, 0.717) is 17.0 Å².